The molecular weight excluding hydrogens is 235 g/mol. The molecule has 0 amide bonds. The quantitative estimate of drug-likeness (QED) is 0.618. The van der Waals surface area contributed by atoms with Crippen LogP contribution < -0.4 is 10.6 Å². The number of halogens is 3. The van der Waals surface area contributed by atoms with Gasteiger partial charge in [0, 0.05) is 19.8 Å². The van der Waals surface area contributed by atoms with Crippen LogP contribution in [0.5, 0.6) is 0 Å². The number of alkyl halides is 3. The first-order chi connectivity index (χ1) is 7.81. The van der Waals surface area contributed by atoms with Crippen LogP contribution in [0.25, 0.3) is 0 Å². The van der Waals surface area contributed by atoms with Crippen molar-refractivity contribution in [3.8, 4) is 0 Å². The van der Waals surface area contributed by atoms with Crippen LogP contribution in [-0.4, -0.2) is 35.6 Å². The Morgan fingerprint density at radius 2 is 2.18 bits per heavy atom. The molecular formula is C9H12F3N5. The summed E-state index contributed by atoms with van der Waals surface area (Å²) in [5.74, 6) is -0.0591. The van der Waals surface area contributed by atoms with Crippen molar-refractivity contribution in [1.82, 2.24) is 9.97 Å². The van der Waals surface area contributed by atoms with Crippen molar-refractivity contribution < 1.29 is 13.2 Å². The van der Waals surface area contributed by atoms with Crippen molar-refractivity contribution in [3.05, 3.63) is 18.1 Å². The highest BCUT2D eigenvalue weighted by atomic mass is 19.4. The Bertz CT molecular complexity index is 404. The zero-order valence-corrected chi connectivity index (χ0v) is 9.12. The van der Waals surface area contributed by atoms with Gasteiger partial charge in [-0.15, -0.1) is 0 Å². The van der Waals surface area contributed by atoms with Gasteiger partial charge in [0.2, 0.25) is 0 Å². The number of hydrogen-bond acceptors (Lipinski definition) is 4. The maximum atomic E-state index is 12.1. The fraction of sp³-hybridized carbons (Fsp3) is 0.444. The van der Waals surface area contributed by atoms with Crippen molar-refractivity contribution in [3.63, 3.8) is 0 Å². The highest BCUT2D eigenvalue weighted by Crippen LogP contribution is 2.21. The number of rotatable bonds is 4. The van der Waals surface area contributed by atoms with E-state index in [0.717, 1.165) is 0 Å². The van der Waals surface area contributed by atoms with Gasteiger partial charge < -0.3 is 10.6 Å². The number of hydrogen-bond donors (Lipinski definition) is 2. The molecule has 0 spiro atoms. The van der Waals surface area contributed by atoms with Crippen molar-refractivity contribution in [2.75, 3.05) is 18.5 Å². The van der Waals surface area contributed by atoms with E-state index < -0.39 is 12.6 Å². The number of nitrogens with two attached hydrogens (primary N) is 1. The van der Waals surface area contributed by atoms with Crippen molar-refractivity contribution in [1.29, 1.82) is 5.41 Å². The second kappa shape index (κ2) is 4.98. The Hall–Kier alpha value is -1.86. The van der Waals surface area contributed by atoms with Crippen molar-refractivity contribution in [2.24, 2.45) is 5.73 Å². The van der Waals surface area contributed by atoms with E-state index in [0.29, 0.717) is 0 Å². The number of nitrogen functional groups attached to an aromatic ring is 1. The molecule has 0 aliphatic heterocycles. The molecule has 0 bridgehead atoms. The number of anilines is 1. The van der Waals surface area contributed by atoms with Crippen molar-refractivity contribution >= 4 is 11.7 Å². The van der Waals surface area contributed by atoms with E-state index >= 15 is 0 Å². The largest absolute Gasteiger partial charge is 0.390 e. The standard InChI is InChI=1S/C9H12F3N5/c1-17(3-2-9(10,11)12)8-6(7(13)14)4-15-5-16-8/h4-5H,2-3H2,1H3,(H3,13,14). The molecule has 0 atom stereocenters. The zero-order valence-electron chi connectivity index (χ0n) is 9.12. The summed E-state index contributed by atoms with van der Waals surface area (Å²) in [4.78, 5) is 8.80. The summed E-state index contributed by atoms with van der Waals surface area (Å²) in [6.07, 6.45) is -2.68. The Labute approximate surface area is 96.0 Å². The van der Waals surface area contributed by atoms with E-state index in [2.05, 4.69) is 9.97 Å². The molecule has 0 radical (unpaired) electrons. The fourth-order valence-electron chi connectivity index (χ4n) is 1.22. The molecule has 94 valence electrons. The minimum Gasteiger partial charge on any atom is -0.384 e. The average Bonchev–Trinajstić information content (AvgIpc) is 2.25. The normalized spacial score (nSPS) is 11.3. The summed E-state index contributed by atoms with van der Waals surface area (Å²) in [5.41, 5.74) is 5.51. The van der Waals surface area contributed by atoms with Gasteiger partial charge in [-0.05, 0) is 0 Å². The van der Waals surface area contributed by atoms with Gasteiger partial charge in [0.1, 0.15) is 18.0 Å². The van der Waals surface area contributed by atoms with E-state index in [1.165, 1.54) is 24.5 Å². The Kier molecular flexibility index (Phi) is 3.87. The van der Waals surface area contributed by atoms with Gasteiger partial charge in [-0.25, -0.2) is 9.97 Å². The highest BCUT2D eigenvalue weighted by molar-refractivity contribution is 5.99. The number of nitrogens with one attached hydrogen (secondary N) is 1. The van der Waals surface area contributed by atoms with E-state index in [4.69, 9.17) is 11.1 Å². The first kappa shape index (κ1) is 13.2. The topological polar surface area (TPSA) is 78.9 Å². The molecule has 1 aromatic rings. The lowest BCUT2D eigenvalue weighted by molar-refractivity contribution is -0.132. The second-order valence-electron chi connectivity index (χ2n) is 3.46. The van der Waals surface area contributed by atoms with E-state index in [1.807, 2.05) is 0 Å². The Morgan fingerprint density at radius 1 is 1.53 bits per heavy atom. The molecule has 17 heavy (non-hydrogen) atoms. The van der Waals surface area contributed by atoms with Gasteiger partial charge >= 0.3 is 6.18 Å². The number of aromatic nitrogens is 2. The molecule has 3 N–H and O–H groups in total. The number of amidine groups is 1. The van der Waals surface area contributed by atoms with Crippen LogP contribution in [0, 0.1) is 5.41 Å². The summed E-state index contributed by atoms with van der Waals surface area (Å²) < 4.78 is 36.2. The van der Waals surface area contributed by atoms with Gasteiger partial charge in [-0.1, -0.05) is 0 Å². The first-order valence-corrected chi connectivity index (χ1v) is 4.73. The lowest BCUT2D eigenvalue weighted by atomic mass is 10.2. The summed E-state index contributed by atoms with van der Waals surface area (Å²) in [6, 6.07) is 0. The lowest BCUT2D eigenvalue weighted by Crippen LogP contribution is -2.27. The third-order valence-electron chi connectivity index (χ3n) is 2.07. The van der Waals surface area contributed by atoms with Gasteiger partial charge in [-0.3, -0.25) is 5.41 Å². The van der Waals surface area contributed by atoms with E-state index in [-0.39, 0.29) is 23.8 Å². The summed E-state index contributed by atoms with van der Waals surface area (Å²) in [6.45, 7) is -0.249. The highest BCUT2D eigenvalue weighted by Gasteiger charge is 2.27. The molecule has 0 aliphatic carbocycles. The molecule has 0 fully saturated rings. The molecule has 0 saturated heterocycles. The van der Waals surface area contributed by atoms with Crippen LogP contribution in [0.3, 0.4) is 0 Å². The summed E-state index contributed by atoms with van der Waals surface area (Å²) in [7, 11) is 1.46. The predicted molar refractivity (Wildman–Crippen MR) is 57.0 cm³/mol. The number of nitrogens with zero attached hydrogens (tertiary/aromatic N) is 3. The van der Waals surface area contributed by atoms with E-state index in [9.17, 15) is 13.2 Å². The van der Waals surface area contributed by atoms with Crippen molar-refractivity contribution in [2.45, 2.75) is 12.6 Å². The zero-order chi connectivity index (χ0) is 13.1. The molecule has 1 rings (SSSR count). The SMILES string of the molecule is CN(CCC(F)(F)F)c1ncncc1C(=N)N. The molecule has 0 saturated carbocycles. The maximum absolute atomic E-state index is 12.1. The molecule has 0 aromatic carbocycles. The van der Waals surface area contributed by atoms with Crippen LogP contribution >= 0.6 is 0 Å². The van der Waals surface area contributed by atoms with Gasteiger partial charge in [0.25, 0.3) is 0 Å². The summed E-state index contributed by atoms with van der Waals surface area (Å²) >= 11 is 0. The molecule has 8 heteroatoms. The fourth-order valence-corrected chi connectivity index (χ4v) is 1.22. The molecule has 0 aliphatic rings. The smallest absolute Gasteiger partial charge is 0.384 e. The third kappa shape index (κ3) is 3.89. The molecule has 0 unspecified atom stereocenters. The lowest BCUT2D eigenvalue weighted by Gasteiger charge is -2.20. The van der Waals surface area contributed by atoms with Crippen LogP contribution in [0.4, 0.5) is 19.0 Å². The van der Waals surface area contributed by atoms with Gasteiger partial charge in [0.05, 0.1) is 12.0 Å². The minimum atomic E-state index is -4.22. The third-order valence-corrected chi connectivity index (χ3v) is 2.07. The average molecular weight is 247 g/mol. The molecule has 1 heterocycles. The van der Waals surface area contributed by atoms with Crippen LogP contribution in [0.1, 0.15) is 12.0 Å². The molecule has 1 aromatic heterocycles. The Balaban J connectivity index is 2.82. The van der Waals surface area contributed by atoms with E-state index in [1.54, 1.807) is 0 Å². The van der Waals surface area contributed by atoms with Gasteiger partial charge in [0.15, 0.2) is 0 Å². The first-order valence-electron chi connectivity index (χ1n) is 4.73. The summed E-state index contributed by atoms with van der Waals surface area (Å²) in [5, 5.41) is 7.27. The molecule has 5 nitrogen and oxygen atoms in total. The van der Waals surface area contributed by atoms with Crippen LogP contribution in [0.2, 0.25) is 0 Å². The predicted octanol–water partition coefficient (Wildman–Crippen LogP) is 1.15. The second-order valence-corrected chi connectivity index (χ2v) is 3.46. The van der Waals surface area contributed by atoms with Gasteiger partial charge in [-0.2, -0.15) is 13.2 Å². The van der Waals surface area contributed by atoms with Crippen LogP contribution in [-0.2, 0) is 0 Å². The monoisotopic (exact) mass is 247 g/mol. The van der Waals surface area contributed by atoms with Crippen LogP contribution in [0.15, 0.2) is 12.5 Å². The maximum Gasteiger partial charge on any atom is 0.390 e. The Morgan fingerprint density at radius 3 is 2.71 bits per heavy atom. The minimum absolute atomic E-state index is 0.219.